The Balaban J connectivity index is 2.16. The minimum absolute atomic E-state index is 0.510. The Kier molecular flexibility index (Phi) is 7.14. The van der Waals surface area contributed by atoms with E-state index in [0.717, 1.165) is 0 Å². The fourth-order valence-corrected chi connectivity index (χ4v) is 4.30. The first kappa shape index (κ1) is 16.4. The van der Waals surface area contributed by atoms with Gasteiger partial charge in [-0.2, -0.15) is 0 Å². The summed E-state index contributed by atoms with van der Waals surface area (Å²) in [5.74, 6) is 6.68. The molecule has 0 atom stereocenters. The summed E-state index contributed by atoms with van der Waals surface area (Å²) >= 11 is 0.510. The molecule has 0 amide bonds. The van der Waals surface area contributed by atoms with E-state index >= 15 is 0 Å². The molecule has 0 aromatic heterocycles. The van der Waals surface area contributed by atoms with Gasteiger partial charge in [0.2, 0.25) is 0 Å². The molecule has 0 heterocycles. The molecule has 0 aromatic carbocycles. The van der Waals surface area contributed by atoms with E-state index in [-0.39, 0.29) is 0 Å². The summed E-state index contributed by atoms with van der Waals surface area (Å²) < 4.78 is 1.32. The van der Waals surface area contributed by atoms with Gasteiger partial charge in [-0.25, -0.2) is 0 Å². The van der Waals surface area contributed by atoms with E-state index < -0.39 is 0 Å². The van der Waals surface area contributed by atoms with E-state index in [1.165, 1.54) is 77.9 Å². The van der Waals surface area contributed by atoms with Crippen molar-refractivity contribution in [3.63, 3.8) is 0 Å². The summed E-state index contributed by atoms with van der Waals surface area (Å²) in [4.78, 5) is 0. The van der Waals surface area contributed by atoms with Gasteiger partial charge in [-0.1, -0.05) is 0 Å². The van der Waals surface area contributed by atoms with Crippen LogP contribution in [0.4, 0.5) is 0 Å². The SMILES string of the molecule is C=C([Se]CC)/C(=C/C#CC1=CCCCC1)C1=CCCCC1. The van der Waals surface area contributed by atoms with Gasteiger partial charge in [-0.05, 0) is 0 Å². The first-order valence-corrected chi connectivity index (χ1v) is 10.3. The third-order valence-electron chi connectivity index (χ3n) is 4.00. The van der Waals surface area contributed by atoms with Gasteiger partial charge in [0, 0.05) is 0 Å². The fraction of sp³-hybridized carbons (Fsp3) is 0.500. The molecule has 2 rings (SSSR count). The van der Waals surface area contributed by atoms with Crippen molar-refractivity contribution in [3.8, 4) is 11.8 Å². The molecular formula is C20H26Se. The molecule has 0 nitrogen and oxygen atoms in total. The second-order valence-electron chi connectivity index (χ2n) is 5.63. The van der Waals surface area contributed by atoms with Crippen molar-refractivity contribution in [1.82, 2.24) is 0 Å². The summed E-state index contributed by atoms with van der Waals surface area (Å²) in [6.45, 7) is 6.57. The summed E-state index contributed by atoms with van der Waals surface area (Å²) in [7, 11) is 0. The van der Waals surface area contributed by atoms with Crippen LogP contribution in [0, 0.1) is 11.8 Å². The third kappa shape index (κ3) is 5.39. The van der Waals surface area contributed by atoms with Crippen LogP contribution in [0.3, 0.4) is 0 Å². The molecule has 2 aliphatic rings. The molecule has 0 radical (unpaired) electrons. The van der Waals surface area contributed by atoms with Crippen LogP contribution < -0.4 is 0 Å². The van der Waals surface area contributed by atoms with Crippen LogP contribution in [0.15, 0.2) is 46.0 Å². The van der Waals surface area contributed by atoms with Gasteiger partial charge in [-0.15, -0.1) is 0 Å². The Bertz CT molecular complexity index is 520. The van der Waals surface area contributed by atoms with Gasteiger partial charge in [0.15, 0.2) is 0 Å². The number of hydrogen-bond donors (Lipinski definition) is 0. The van der Waals surface area contributed by atoms with E-state index in [1.54, 1.807) is 0 Å². The van der Waals surface area contributed by atoms with E-state index in [2.05, 4.69) is 43.6 Å². The molecule has 0 bridgehead atoms. The standard InChI is InChI=1S/C20H26Se/c1-3-21-17(2)20(19-14-8-5-9-15-19)16-10-13-18-11-6-4-7-12-18/h11,14,16H,2-9,12,15H2,1H3/b20-16-. The zero-order valence-corrected chi connectivity index (χ0v) is 14.9. The molecule has 0 aromatic rings. The average Bonchev–Trinajstić information content (AvgIpc) is 2.53. The van der Waals surface area contributed by atoms with Gasteiger partial charge >= 0.3 is 136 Å². The molecule has 0 saturated heterocycles. The number of hydrogen-bond acceptors (Lipinski definition) is 0. The van der Waals surface area contributed by atoms with Gasteiger partial charge in [0.1, 0.15) is 0 Å². The van der Waals surface area contributed by atoms with Crippen molar-refractivity contribution < 1.29 is 0 Å². The molecule has 1 heteroatoms. The average molecular weight is 345 g/mol. The molecular weight excluding hydrogens is 319 g/mol. The quantitative estimate of drug-likeness (QED) is 0.355. The van der Waals surface area contributed by atoms with Crippen LogP contribution >= 0.6 is 0 Å². The zero-order chi connectivity index (χ0) is 14.9. The molecule has 0 unspecified atom stereocenters. The Hall–Kier alpha value is -0.961. The second-order valence-corrected chi connectivity index (χ2v) is 8.48. The maximum atomic E-state index is 4.32. The summed E-state index contributed by atoms with van der Waals surface area (Å²) in [6.07, 6.45) is 16.9. The Morgan fingerprint density at radius 2 is 1.95 bits per heavy atom. The topological polar surface area (TPSA) is 0 Å². The molecule has 0 spiro atoms. The van der Waals surface area contributed by atoms with Crippen molar-refractivity contribution in [3.05, 3.63) is 46.0 Å². The summed E-state index contributed by atoms with van der Waals surface area (Å²) in [5, 5.41) is 1.22. The molecule has 21 heavy (non-hydrogen) atoms. The minimum atomic E-state index is 0.510. The molecule has 0 saturated carbocycles. The first-order chi connectivity index (χ1) is 10.3. The van der Waals surface area contributed by atoms with E-state index in [9.17, 15) is 0 Å². The van der Waals surface area contributed by atoms with E-state index in [1.807, 2.05) is 0 Å². The normalized spacial score (nSPS) is 19.2. The predicted octanol–water partition coefficient (Wildman–Crippen LogP) is 5.57. The van der Waals surface area contributed by atoms with E-state index in [4.69, 9.17) is 0 Å². The molecule has 2 aliphatic carbocycles. The number of allylic oxidation sites excluding steroid dienone is 7. The predicted molar refractivity (Wildman–Crippen MR) is 94.3 cm³/mol. The van der Waals surface area contributed by atoms with Crippen molar-refractivity contribution in [1.29, 1.82) is 0 Å². The van der Waals surface area contributed by atoms with Crippen molar-refractivity contribution >= 4 is 15.0 Å². The zero-order valence-electron chi connectivity index (χ0n) is 13.2. The first-order valence-electron chi connectivity index (χ1n) is 8.23. The third-order valence-corrected chi connectivity index (χ3v) is 5.79. The van der Waals surface area contributed by atoms with Gasteiger partial charge in [0.05, 0.1) is 0 Å². The molecule has 112 valence electrons. The monoisotopic (exact) mass is 346 g/mol. The van der Waals surface area contributed by atoms with Crippen LogP contribution in [0.5, 0.6) is 0 Å². The van der Waals surface area contributed by atoms with Crippen LogP contribution in [-0.2, 0) is 0 Å². The maximum absolute atomic E-state index is 4.32. The van der Waals surface area contributed by atoms with Gasteiger partial charge < -0.3 is 0 Å². The number of rotatable bonds is 4. The Morgan fingerprint density at radius 3 is 2.57 bits per heavy atom. The van der Waals surface area contributed by atoms with Crippen molar-refractivity contribution in [2.75, 3.05) is 0 Å². The van der Waals surface area contributed by atoms with E-state index in [0.29, 0.717) is 15.0 Å². The fourth-order valence-electron chi connectivity index (χ4n) is 2.84. The van der Waals surface area contributed by atoms with Gasteiger partial charge in [-0.3, -0.25) is 0 Å². The summed E-state index contributed by atoms with van der Waals surface area (Å²) in [6, 6.07) is 0. The van der Waals surface area contributed by atoms with Crippen molar-refractivity contribution in [2.24, 2.45) is 0 Å². The molecule has 0 N–H and O–H groups in total. The Morgan fingerprint density at radius 1 is 1.19 bits per heavy atom. The molecule has 0 aliphatic heterocycles. The van der Waals surface area contributed by atoms with Crippen LogP contribution in [0.25, 0.3) is 0 Å². The van der Waals surface area contributed by atoms with Gasteiger partial charge in [0.25, 0.3) is 0 Å². The van der Waals surface area contributed by atoms with Crippen molar-refractivity contribution in [2.45, 2.75) is 63.6 Å². The van der Waals surface area contributed by atoms with Crippen LogP contribution in [-0.4, -0.2) is 15.0 Å². The molecule has 0 fully saturated rings. The van der Waals surface area contributed by atoms with Crippen LogP contribution in [0.2, 0.25) is 5.32 Å². The second kappa shape index (κ2) is 9.14. The Labute approximate surface area is 136 Å². The van der Waals surface area contributed by atoms with Crippen LogP contribution in [0.1, 0.15) is 58.3 Å². The summed E-state index contributed by atoms with van der Waals surface area (Å²) in [5.41, 5.74) is 4.18.